The molecule has 1 amide bonds. The molecule has 9 nitrogen and oxygen atoms in total. The molecule has 0 bridgehead atoms. The lowest BCUT2D eigenvalue weighted by Crippen LogP contribution is -2.38. The topological polar surface area (TPSA) is 113 Å². The van der Waals surface area contributed by atoms with E-state index in [-0.39, 0.29) is 9.79 Å². The number of nitrogens with zero attached hydrogens (tertiary/aromatic N) is 2. The van der Waals surface area contributed by atoms with Crippen LogP contribution in [-0.2, 0) is 24.8 Å². The fourth-order valence-electron chi connectivity index (χ4n) is 4.20. The SMILES string of the molecule is COc1ccc(N(CC(=O)Nc2ccc(S(=O)(=O)N3CCCCC3)cc2)S(=O)(=O)c2ccc(C)cc2)cc1. The Morgan fingerprint density at radius 3 is 2.00 bits per heavy atom. The molecule has 202 valence electrons. The van der Waals surface area contributed by atoms with Crippen LogP contribution in [0.1, 0.15) is 24.8 Å². The first-order valence-electron chi connectivity index (χ1n) is 12.2. The van der Waals surface area contributed by atoms with Gasteiger partial charge < -0.3 is 10.1 Å². The van der Waals surface area contributed by atoms with Crippen LogP contribution in [0.2, 0.25) is 0 Å². The maximum atomic E-state index is 13.5. The predicted molar refractivity (Wildman–Crippen MR) is 146 cm³/mol. The van der Waals surface area contributed by atoms with Crippen molar-refractivity contribution < 1.29 is 26.4 Å². The first kappa shape index (κ1) is 27.6. The van der Waals surface area contributed by atoms with E-state index in [4.69, 9.17) is 4.74 Å². The Hall–Kier alpha value is -3.41. The fourth-order valence-corrected chi connectivity index (χ4v) is 7.13. The normalized spacial score (nSPS) is 14.6. The predicted octanol–water partition coefficient (Wildman–Crippen LogP) is 4.01. The van der Waals surface area contributed by atoms with Crippen LogP contribution < -0.4 is 14.4 Å². The van der Waals surface area contributed by atoms with Gasteiger partial charge in [0.15, 0.2) is 0 Å². The molecule has 1 heterocycles. The molecule has 11 heteroatoms. The largest absolute Gasteiger partial charge is 0.497 e. The molecule has 0 radical (unpaired) electrons. The summed E-state index contributed by atoms with van der Waals surface area (Å²) in [4.78, 5) is 13.2. The Bertz CT molecular complexity index is 1470. The smallest absolute Gasteiger partial charge is 0.264 e. The first-order valence-corrected chi connectivity index (χ1v) is 15.1. The van der Waals surface area contributed by atoms with Crippen molar-refractivity contribution in [2.24, 2.45) is 0 Å². The molecule has 1 saturated heterocycles. The van der Waals surface area contributed by atoms with E-state index in [1.807, 2.05) is 6.92 Å². The van der Waals surface area contributed by atoms with Gasteiger partial charge in [0.1, 0.15) is 12.3 Å². The van der Waals surface area contributed by atoms with E-state index < -0.39 is 32.5 Å². The number of rotatable bonds is 9. The molecule has 1 aliphatic rings. The monoisotopic (exact) mass is 557 g/mol. The highest BCUT2D eigenvalue weighted by Gasteiger charge is 2.28. The van der Waals surface area contributed by atoms with Crippen LogP contribution in [0.5, 0.6) is 5.75 Å². The van der Waals surface area contributed by atoms with E-state index in [1.165, 1.54) is 47.8 Å². The summed E-state index contributed by atoms with van der Waals surface area (Å²) in [7, 11) is -6.16. The van der Waals surface area contributed by atoms with E-state index in [1.54, 1.807) is 36.4 Å². The number of ether oxygens (including phenoxy) is 1. The average Bonchev–Trinajstić information content (AvgIpc) is 2.93. The molecule has 0 aromatic heterocycles. The van der Waals surface area contributed by atoms with Crippen LogP contribution >= 0.6 is 0 Å². The number of amides is 1. The van der Waals surface area contributed by atoms with Gasteiger partial charge in [0.25, 0.3) is 10.0 Å². The minimum atomic E-state index is -4.07. The third-order valence-corrected chi connectivity index (χ3v) is 10.0. The van der Waals surface area contributed by atoms with E-state index >= 15 is 0 Å². The van der Waals surface area contributed by atoms with Gasteiger partial charge in [-0.1, -0.05) is 24.1 Å². The van der Waals surface area contributed by atoms with Gasteiger partial charge in [-0.2, -0.15) is 4.31 Å². The molecular weight excluding hydrogens is 526 g/mol. The first-order chi connectivity index (χ1) is 18.1. The summed E-state index contributed by atoms with van der Waals surface area (Å²) in [5.74, 6) is -0.0337. The molecular formula is C27H31N3O6S2. The summed E-state index contributed by atoms with van der Waals surface area (Å²) in [5, 5.41) is 2.68. The minimum absolute atomic E-state index is 0.0546. The molecule has 0 aliphatic carbocycles. The second kappa shape index (κ2) is 11.5. The zero-order chi connectivity index (χ0) is 27.3. The number of carbonyl (C=O) groups is 1. The number of benzene rings is 3. The van der Waals surface area contributed by atoms with Crippen LogP contribution in [0.4, 0.5) is 11.4 Å². The zero-order valence-electron chi connectivity index (χ0n) is 21.3. The maximum Gasteiger partial charge on any atom is 0.264 e. The van der Waals surface area contributed by atoms with E-state index in [0.29, 0.717) is 30.2 Å². The van der Waals surface area contributed by atoms with Crippen LogP contribution in [-0.4, -0.2) is 53.8 Å². The molecule has 3 aromatic rings. The van der Waals surface area contributed by atoms with Gasteiger partial charge in [0.2, 0.25) is 15.9 Å². The summed E-state index contributed by atoms with van der Waals surface area (Å²) in [6.45, 7) is 2.36. The summed E-state index contributed by atoms with van der Waals surface area (Å²) >= 11 is 0. The molecule has 1 aliphatic heterocycles. The lowest BCUT2D eigenvalue weighted by molar-refractivity contribution is -0.114. The number of anilines is 2. The van der Waals surface area contributed by atoms with Crippen LogP contribution in [0.3, 0.4) is 0 Å². The van der Waals surface area contributed by atoms with Gasteiger partial charge in [-0.05, 0) is 80.4 Å². The molecule has 3 aromatic carbocycles. The lowest BCUT2D eigenvalue weighted by atomic mass is 10.2. The van der Waals surface area contributed by atoms with Gasteiger partial charge in [0.05, 0.1) is 22.6 Å². The Morgan fingerprint density at radius 1 is 0.842 bits per heavy atom. The molecule has 0 saturated carbocycles. The van der Waals surface area contributed by atoms with Gasteiger partial charge in [-0.25, -0.2) is 16.8 Å². The van der Waals surface area contributed by atoms with Crippen LogP contribution in [0.25, 0.3) is 0 Å². The minimum Gasteiger partial charge on any atom is -0.497 e. The lowest BCUT2D eigenvalue weighted by Gasteiger charge is -2.26. The highest BCUT2D eigenvalue weighted by molar-refractivity contribution is 7.92. The van der Waals surface area contributed by atoms with Crippen molar-refractivity contribution in [1.82, 2.24) is 4.31 Å². The van der Waals surface area contributed by atoms with Gasteiger partial charge >= 0.3 is 0 Å². The summed E-state index contributed by atoms with van der Waals surface area (Å²) in [6, 6.07) is 18.7. The Morgan fingerprint density at radius 2 is 1.42 bits per heavy atom. The third kappa shape index (κ3) is 6.17. The van der Waals surface area contributed by atoms with Crippen molar-refractivity contribution in [2.75, 3.05) is 36.4 Å². The Labute approximate surface area is 224 Å². The van der Waals surface area contributed by atoms with Crippen molar-refractivity contribution in [1.29, 1.82) is 0 Å². The maximum absolute atomic E-state index is 13.5. The molecule has 1 fully saturated rings. The molecule has 0 unspecified atom stereocenters. The van der Waals surface area contributed by atoms with Gasteiger partial charge in [0, 0.05) is 18.8 Å². The fraction of sp³-hybridized carbons (Fsp3) is 0.296. The number of hydrogen-bond donors (Lipinski definition) is 1. The Balaban J connectivity index is 1.54. The number of piperidine rings is 1. The van der Waals surface area contributed by atoms with E-state index in [2.05, 4.69) is 5.32 Å². The molecule has 38 heavy (non-hydrogen) atoms. The van der Waals surface area contributed by atoms with Crippen molar-refractivity contribution >= 4 is 37.3 Å². The number of methoxy groups -OCH3 is 1. The zero-order valence-corrected chi connectivity index (χ0v) is 23.0. The molecule has 4 rings (SSSR count). The summed E-state index contributed by atoms with van der Waals surface area (Å²) in [6.07, 6.45) is 2.69. The van der Waals surface area contributed by atoms with Gasteiger partial charge in [-0.15, -0.1) is 0 Å². The molecule has 0 spiro atoms. The Kier molecular flexibility index (Phi) is 8.39. The molecule has 0 atom stereocenters. The highest BCUT2D eigenvalue weighted by Crippen LogP contribution is 2.27. The third-order valence-electron chi connectivity index (χ3n) is 6.35. The number of hydrogen-bond acceptors (Lipinski definition) is 6. The second-order valence-electron chi connectivity index (χ2n) is 9.06. The summed E-state index contributed by atoms with van der Waals surface area (Å²) < 4.78 is 60.5. The van der Waals surface area contributed by atoms with Gasteiger partial charge in [-0.3, -0.25) is 9.10 Å². The van der Waals surface area contributed by atoms with E-state index in [0.717, 1.165) is 29.1 Å². The number of sulfonamides is 2. The van der Waals surface area contributed by atoms with Crippen LogP contribution in [0.15, 0.2) is 82.6 Å². The number of nitrogens with one attached hydrogen (secondary N) is 1. The second-order valence-corrected chi connectivity index (χ2v) is 12.9. The van der Waals surface area contributed by atoms with Crippen molar-refractivity contribution in [2.45, 2.75) is 36.0 Å². The van der Waals surface area contributed by atoms with E-state index in [9.17, 15) is 21.6 Å². The van der Waals surface area contributed by atoms with Crippen molar-refractivity contribution in [3.63, 3.8) is 0 Å². The number of aryl methyl sites for hydroxylation is 1. The average molecular weight is 558 g/mol. The van der Waals surface area contributed by atoms with Crippen molar-refractivity contribution in [3.05, 3.63) is 78.4 Å². The quantitative estimate of drug-likeness (QED) is 0.425. The highest BCUT2D eigenvalue weighted by atomic mass is 32.2. The van der Waals surface area contributed by atoms with Crippen LogP contribution in [0, 0.1) is 6.92 Å². The van der Waals surface area contributed by atoms with Crippen molar-refractivity contribution in [3.8, 4) is 5.75 Å². The summed E-state index contributed by atoms with van der Waals surface area (Å²) in [5.41, 5.74) is 1.56. The molecule has 1 N–H and O–H groups in total. The number of carbonyl (C=O) groups excluding carboxylic acids is 1. The standard InChI is InChI=1S/C27H31N3O6S2/c1-21-6-14-26(15-7-21)38(34,35)30(23-10-12-24(36-2)13-11-23)20-27(31)28-22-8-16-25(17-9-22)37(32,33)29-18-4-3-5-19-29/h6-17H,3-5,18-20H2,1-2H3,(H,28,31).